The molecule has 38 heavy (non-hydrogen) atoms. The fourth-order valence-electron chi connectivity index (χ4n) is 7.20. The normalized spacial score (nSPS) is 29.2. The van der Waals surface area contributed by atoms with Crippen molar-refractivity contribution in [2.75, 3.05) is 12.8 Å². The van der Waals surface area contributed by atoms with Crippen molar-refractivity contribution in [3.8, 4) is 0 Å². The molecule has 0 radical (unpaired) electrons. The zero-order valence-electron chi connectivity index (χ0n) is 23.7. The highest BCUT2D eigenvalue weighted by molar-refractivity contribution is 7.59. The van der Waals surface area contributed by atoms with E-state index in [1.54, 1.807) is 34.6 Å². The van der Waals surface area contributed by atoms with Crippen LogP contribution in [-0.2, 0) is 29.8 Å². The van der Waals surface area contributed by atoms with Gasteiger partial charge in [0.2, 0.25) is 7.37 Å². The third-order valence-electron chi connectivity index (χ3n) is 8.26. The van der Waals surface area contributed by atoms with Crippen LogP contribution in [0, 0.1) is 23.7 Å². The molecular weight excluding hydrogens is 501 g/mol. The van der Waals surface area contributed by atoms with Crippen molar-refractivity contribution in [1.29, 1.82) is 0 Å². The summed E-state index contributed by atoms with van der Waals surface area (Å²) in [7, 11) is -3.58. The Kier molecular flexibility index (Phi) is 8.98. The lowest BCUT2D eigenvalue weighted by Crippen LogP contribution is -2.52. The van der Waals surface area contributed by atoms with Gasteiger partial charge in [0.1, 0.15) is 11.4 Å². The molecule has 0 aliphatic heterocycles. The minimum absolute atomic E-state index is 0.0306. The van der Waals surface area contributed by atoms with Gasteiger partial charge in [0.25, 0.3) is 0 Å². The molecule has 3 atom stereocenters. The molecule has 212 valence electrons. The van der Waals surface area contributed by atoms with Crippen LogP contribution in [0.3, 0.4) is 0 Å². The van der Waals surface area contributed by atoms with Crippen molar-refractivity contribution in [3.05, 3.63) is 35.9 Å². The predicted octanol–water partition coefficient (Wildman–Crippen LogP) is 6.93. The number of esters is 1. The van der Waals surface area contributed by atoms with Gasteiger partial charge in [-0.1, -0.05) is 37.3 Å². The molecule has 3 unspecified atom stereocenters. The number of hydrogen-bond acceptors (Lipinski definition) is 6. The average molecular weight is 548 g/mol. The molecule has 1 aromatic carbocycles. The topological polar surface area (TPSA) is 90.9 Å². The first-order valence-electron chi connectivity index (χ1n) is 14.4. The highest BCUT2D eigenvalue weighted by Crippen LogP contribution is 2.65. The van der Waals surface area contributed by atoms with Crippen LogP contribution in [0.4, 0.5) is 4.79 Å². The van der Waals surface area contributed by atoms with E-state index in [-0.39, 0.29) is 18.7 Å². The summed E-state index contributed by atoms with van der Waals surface area (Å²) in [6.45, 7) is 9.19. The predicted molar refractivity (Wildman–Crippen MR) is 148 cm³/mol. The third kappa shape index (κ3) is 7.41. The molecule has 5 rings (SSSR count). The summed E-state index contributed by atoms with van der Waals surface area (Å²) in [4.78, 5) is 25.7. The Hall–Kier alpha value is -1.85. The summed E-state index contributed by atoms with van der Waals surface area (Å²) in [5.74, 6) is 0.0500. The zero-order chi connectivity index (χ0) is 27.6. The number of alkyl carbamates (subject to hydrolysis) is 1. The van der Waals surface area contributed by atoms with Gasteiger partial charge in [-0.05, 0) is 102 Å². The second-order valence-electron chi connectivity index (χ2n) is 12.9. The molecular formula is C30H46NO6P. The monoisotopic (exact) mass is 547 g/mol. The second-order valence-corrected chi connectivity index (χ2v) is 15.6. The van der Waals surface area contributed by atoms with Gasteiger partial charge in [-0.2, -0.15) is 0 Å². The lowest BCUT2D eigenvalue weighted by molar-refractivity contribution is -0.146. The quantitative estimate of drug-likeness (QED) is 0.239. The first kappa shape index (κ1) is 29.1. The minimum Gasteiger partial charge on any atom is -0.466 e. The number of ether oxygens (including phenoxy) is 2. The van der Waals surface area contributed by atoms with E-state index in [9.17, 15) is 9.59 Å². The summed E-state index contributed by atoms with van der Waals surface area (Å²) in [6, 6.07) is 9.95. The Labute approximate surface area is 228 Å². The van der Waals surface area contributed by atoms with Crippen LogP contribution in [0.5, 0.6) is 0 Å². The summed E-state index contributed by atoms with van der Waals surface area (Å²) >= 11 is 0. The van der Waals surface area contributed by atoms with Gasteiger partial charge in [-0.3, -0.25) is 9.36 Å². The molecule has 7 nitrogen and oxygen atoms in total. The first-order valence-corrected chi connectivity index (χ1v) is 16.3. The molecule has 0 saturated heterocycles. The molecule has 4 saturated carbocycles. The van der Waals surface area contributed by atoms with Crippen LogP contribution in [0.2, 0.25) is 0 Å². The lowest BCUT2D eigenvalue weighted by Gasteiger charge is -2.57. The number of hydrogen-bond donors (Lipinski definition) is 1. The Morgan fingerprint density at radius 3 is 2.16 bits per heavy atom. The first-order chi connectivity index (χ1) is 17.9. The van der Waals surface area contributed by atoms with E-state index >= 15 is 4.57 Å². The summed E-state index contributed by atoms with van der Waals surface area (Å²) in [6.07, 6.45) is 6.89. The lowest BCUT2D eigenvalue weighted by atomic mass is 9.54. The van der Waals surface area contributed by atoms with Crippen LogP contribution in [0.15, 0.2) is 30.3 Å². The van der Waals surface area contributed by atoms with Gasteiger partial charge in [-0.25, -0.2) is 4.79 Å². The van der Waals surface area contributed by atoms with E-state index in [1.165, 1.54) is 19.3 Å². The Bertz CT molecular complexity index is 984. The number of benzene rings is 1. The maximum Gasteiger partial charge on any atom is 0.408 e. The minimum atomic E-state index is -3.58. The van der Waals surface area contributed by atoms with E-state index in [1.807, 2.05) is 30.3 Å². The van der Waals surface area contributed by atoms with Crippen LogP contribution in [-0.4, -0.2) is 41.8 Å². The van der Waals surface area contributed by atoms with E-state index in [0.29, 0.717) is 30.6 Å². The molecule has 0 spiro atoms. The molecule has 4 aliphatic rings. The van der Waals surface area contributed by atoms with Crippen molar-refractivity contribution < 1.29 is 28.2 Å². The van der Waals surface area contributed by atoms with Gasteiger partial charge in [-0.15, -0.1) is 0 Å². The molecule has 0 aromatic heterocycles. The molecule has 1 amide bonds. The van der Waals surface area contributed by atoms with E-state index in [2.05, 4.69) is 5.32 Å². The Morgan fingerprint density at radius 1 is 1.05 bits per heavy atom. The number of amides is 1. The third-order valence-corrected chi connectivity index (χ3v) is 11.3. The van der Waals surface area contributed by atoms with E-state index in [0.717, 1.165) is 24.8 Å². The van der Waals surface area contributed by atoms with Crippen molar-refractivity contribution >= 4 is 19.4 Å². The average Bonchev–Trinajstić information content (AvgIpc) is 2.80. The number of aryl methyl sites for hydroxylation is 1. The van der Waals surface area contributed by atoms with E-state index < -0.39 is 36.4 Å². The molecule has 1 N–H and O–H groups in total. The van der Waals surface area contributed by atoms with Gasteiger partial charge in [0, 0.05) is 6.16 Å². The molecule has 1 aromatic rings. The van der Waals surface area contributed by atoms with Gasteiger partial charge < -0.3 is 19.3 Å². The number of nitrogens with one attached hydrogen (secondary N) is 1. The van der Waals surface area contributed by atoms with Gasteiger partial charge in [0.05, 0.1) is 18.1 Å². The van der Waals surface area contributed by atoms with Crippen LogP contribution >= 0.6 is 7.37 Å². The van der Waals surface area contributed by atoms with Crippen LogP contribution < -0.4 is 5.32 Å². The van der Waals surface area contributed by atoms with Crippen molar-refractivity contribution in [3.63, 3.8) is 0 Å². The standard InChI is InChI=1S/C30H46NO6P/c1-6-35-27(32)21(2)20-38(34,37-30-17-23-14-24(18-30)16-25(15-23)19-30)26(31-28(33)36-29(3,4)5)13-12-22-10-8-7-9-11-22/h7-11,21,23-26H,6,12-20H2,1-5H3,(H,31,33). The van der Waals surface area contributed by atoms with Crippen LogP contribution in [0.25, 0.3) is 0 Å². The fourth-order valence-corrected chi connectivity index (χ4v) is 10.3. The maximum absolute atomic E-state index is 15.1. The maximum atomic E-state index is 15.1. The number of rotatable bonds is 11. The fraction of sp³-hybridized carbons (Fsp3) is 0.733. The largest absolute Gasteiger partial charge is 0.466 e. The SMILES string of the molecule is CCOC(=O)C(C)CP(=O)(OC12CC3CC(CC(C3)C1)C2)C(CCc1ccccc1)NC(=O)OC(C)(C)C. The Balaban J connectivity index is 1.64. The molecule has 0 heterocycles. The summed E-state index contributed by atoms with van der Waals surface area (Å²) < 4.78 is 32.9. The van der Waals surface area contributed by atoms with Crippen molar-refractivity contribution in [2.24, 2.45) is 23.7 Å². The molecule has 8 heteroatoms. The number of carbonyl (C=O) groups excluding carboxylic acids is 2. The molecule has 4 aliphatic carbocycles. The number of carbonyl (C=O) groups is 2. The highest BCUT2D eigenvalue weighted by atomic mass is 31.2. The smallest absolute Gasteiger partial charge is 0.408 e. The van der Waals surface area contributed by atoms with Crippen molar-refractivity contribution in [1.82, 2.24) is 5.32 Å². The highest BCUT2D eigenvalue weighted by Gasteiger charge is 2.55. The zero-order valence-corrected chi connectivity index (χ0v) is 24.6. The van der Waals surface area contributed by atoms with E-state index in [4.69, 9.17) is 14.0 Å². The summed E-state index contributed by atoms with van der Waals surface area (Å²) in [5.41, 5.74) is -0.0562. The molecule has 4 bridgehead atoms. The van der Waals surface area contributed by atoms with Crippen LogP contribution in [0.1, 0.15) is 85.1 Å². The van der Waals surface area contributed by atoms with Gasteiger partial charge in [0.15, 0.2) is 0 Å². The second kappa shape index (κ2) is 11.7. The van der Waals surface area contributed by atoms with Gasteiger partial charge >= 0.3 is 12.1 Å². The molecule has 4 fully saturated rings. The summed E-state index contributed by atoms with van der Waals surface area (Å²) in [5, 5.41) is 2.94. The Morgan fingerprint density at radius 2 is 1.63 bits per heavy atom. The van der Waals surface area contributed by atoms with Crippen molar-refractivity contribution in [2.45, 2.75) is 103 Å².